The van der Waals surface area contributed by atoms with Crippen molar-refractivity contribution in [2.75, 3.05) is 6.54 Å². The summed E-state index contributed by atoms with van der Waals surface area (Å²) in [5.74, 6) is 0. The van der Waals surface area contributed by atoms with Crippen LogP contribution in [0.2, 0.25) is 0 Å². The maximum Gasteiger partial charge on any atom is 0.404 e. The summed E-state index contributed by atoms with van der Waals surface area (Å²) in [7, 11) is 0. The average molecular weight is 440 g/mol. The molecule has 0 aromatic heterocycles. The quantitative estimate of drug-likeness (QED) is 0.476. The van der Waals surface area contributed by atoms with Gasteiger partial charge in [-0.25, -0.2) is 4.79 Å². The SMILES string of the molecule is O=C(O)NC(Cc1ccccc1)C(O)CNCc1cccc(I)c1. The Morgan fingerprint density at radius 1 is 1.08 bits per heavy atom. The predicted octanol–water partition coefficient (Wildman–Crippen LogP) is 2.62. The summed E-state index contributed by atoms with van der Waals surface area (Å²) in [4.78, 5) is 11.0. The molecule has 2 aromatic rings. The zero-order valence-electron chi connectivity index (χ0n) is 13.2. The van der Waals surface area contributed by atoms with Gasteiger partial charge in [0.25, 0.3) is 0 Å². The van der Waals surface area contributed by atoms with E-state index in [2.05, 4.69) is 39.3 Å². The van der Waals surface area contributed by atoms with Crippen LogP contribution < -0.4 is 10.6 Å². The second-order valence-corrected chi connectivity index (χ2v) is 6.82. The molecular weight excluding hydrogens is 419 g/mol. The van der Waals surface area contributed by atoms with Crippen LogP contribution in [0.3, 0.4) is 0 Å². The van der Waals surface area contributed by atoms with E-state index in [0.29, 0.717) is 19.5 Å². The van der Waals surface area contributed by atoms with E-state index in [1.807, 2.05) is 48.5 Å². The van der Waals surface area contributed by atoms with Crippen molar-refractivity contribution in [2.45, 2.75) is 25.1 Å². The van der Waals surface area contributed by atoms with Gasteiger partial charge in [-0.15, -0.1) is 0 Å². The molecule has 0 fully saturated rings. The molecule has 24 heavy (non-hydrogen) atoms. The van der Waals surface area contributed by atoms with Crippen LogP contribution in [0, 0.1) is 3.57 Å². The van der Waals surface area contributed by atoms with Gasteiger partial charge < -0.3 is 20.8 Å². The van der Waals surface area contributed by atoms with Gasteiger partial charge in [-0.3, -0.25) is 0 Å². The van der Waals surface area contributed by atoms with Crippen LogP contribution >= 0.6 is 22.6 Å². The predicted molar refractivity (Wildman–Crippen MR) is 102 cm³/mol. The van der Waals surface area contributed by atoms with Crippen LogP contribution in [0.15, 0.2) is 54.6 Å². The zero-order chi connectivity index (χ0) is 17.4. The fourth-order valence-corrected chi connectivity index (χ4v) is 3.07. The molecule has 0 saturated carbocycles. The van der Waals surface area contributed by atoms with Crippen molar-refractivity contribution in [2.24, 2.45) is 0 Å². The van der Waals surface area contributed by atoms with Gasteiger partial charge in [0.05, 0.1) is 12.1 Å². The summed E-state index contributed by atoms with van der Waals surface area (Å²) in [6.07, 6.45) is -1.50. The summed E-state index contributed by atoms with van der Waals surface area (Å²) in [5, 5.41) is 25.0. The molecule has 0 spiro atoms. The van der Waals surface area contributed by atoms with Gasteiger partial charge in [-0.05, 0) is 52.3 Å². The van der Waals surface area contributed by atoms with Gasteiger partial charge in [0.2, 0.25) is 0 Å². The summed E-state index contributed by atoms with van der Waals surface area (Å²) < 4.78 is 1.15. The molecule has 2 aromatic carbocycles. The highest BCUT2D eigenvalue weighted by Gasteiger charge is 2.21. The second kappa shape index (κ2) is 9.61. The van der Waals surface area contributed by atoms with Gasteiger partial charge in [0.15, 0.2) is 0 Å². The topological polar surface area (TPSA) is 81.6 Å². The fraction of sp³-hybridized carbons (Fsp3) is 0.278. The third-order valence-corrected chi connectivity index (χ3v) is 4.31. The summed E-state index contributed by atoms with van der Waals surface area (Å²) in [6, 6.07) is 17.1. The minimum Gasteiger partial charge on any atom is -0.465 e. The Morgan fingerprint density at radius 3 is 2.46 bits per heavy atom. The number of carbonyl (C=O) groups is 1. The smallest absolute Gasteiger partial charge is 0.404 e. The van der Waals surface area contributed by atoms with E-state index >= 15 is 0 Å². The van der Waals surface area contributed by atoms with Gasteiger partial charge in [-0.1, -0.05) is 42.5 Å². The number of benzene rings is 2. The zero-order valence-corrected chi connectivity index (χ0v) is 15.3. The lowest BCUT2D eigenvalue weighted by molar-refractivity contribution is 0.117. The Balaban J connectivity index is 1.89. The summed E-state index contributed by atoms with van der Waals surface area (Å²) in [5.41, 5.74) is 2.10. The molecule has 0 aliphatic carbocycles. The van der Waals surface area contributed by atoms with Gasteiger partial charge in [-0.2, -0.15) is 0 Å². The molecular formula is C18H21IN2O3. The van der Waals surface area contributed by atoms with Crippen molar-refractivity contribution in [1.29, 1.82) is 0 Å². The molecule has 1 amide bonds. The van der Waals surface area contributed by atoms with E-state index in [1.54, 1.807) is 0 Å². The number of aliphatic hydroxyl groups excluding tert-OH is 1. The van der Waals surface area contributed by atoms with Crippen LogP contribution in [0.1, 0.15) is 11.1 Å². The first-order valence-electron chi connectivity index (χ1n) is 7.71. The Morgan fingerprint density at radius 2 is 1.79 bits per heavy atom. The first-order valence-corrected chi connectivity index (χ1v) is 8.79. The minimum absolute atomic E-state index is 0.309. The van der Waals surface area contributed by atoms with Crippen molar-refractivity contribution in [1.82, 2.24) is 10.6 Å². The van der Waals surface area contributed by atoms with E-state index in [4.69, 9.17) is 5.11 Å². The molecule has 0 aliphatic heterocycles. The number of rotatable bonds is 8. The van der Waals surface area contributed by atoms with Crippen molar-refractivity contribution in [3.63, 3.8) is 0 Å². The number of nitrogens with one attached hydrogen (secondary N) is 2. The molecule has 0 heterocycles. The number of hydrogen-bond acceptors (Lipinski definition) is 3. The maximum atomic E-state index is 11.0. The van der Waals surface area contributed by atoms with Crippen molar-refractivity contribution in [3.8, 4) is 0 Å². The Bertz CT molecular complexity index is 652. The standard InChI is InChI=1S/C18H21IN2O3/c19-15-8-4-7-14(9-15)11-20-12-17(22)16(21-18(23)24)10-13-5-2-1-3-6-13/h1-9,16-17,20-22H,10-12H2,(H,23,24). The van der Waals surface area contributed by atoms with Crippen LogP contribution in [-0.4, -0.2) is 35.0 Å². The Labute approximate surface area is 155 Å². The highest BCUT2D eigenvalue weighted by molar-refractivity contribution is 14.1. The van der Waals surface area contributed by atoms with Crippen LogP contribution in [-0.2, 0) is 13.0 Å². The van der Waals surface area contributed by atoms with E-state index in [-0.39, 0.29) is 0 Å². The normalized spacial score (nSPS) is 13.2. The lowest BCUT2D eigenvalue weighted by Gasteiger charge is -2.23. The molecule has 128 valence electrons. The third-order valence-electron chi connectivity index (χ3n) is 3.64. The number of halogens is 1. The largest absolute Gasteiger partial charge is 0.465 e. The van der Waals surface area contributed by atoms with Gasteiger partial charge in [0.1, 0.15) is 0 Å². The van der Waals surface area contributed by atoms with Crippen LogP contribution in [0.4, 0.5) is 4.79 Å². The van der Waals surface area contributed by atoms with Crippen LogP contribution in [0.5, 0.6) is 0 Å². The van der Waals surface area contributed by atoms with Gasteiger partial charge in [0, 0.05) is 16.7 Å². The summed E-state index contributed by atoms with van der Waals surface area (Å²) in [6.45, 7) is 0.933. The molecule has 0 saturated heterocycles. The molecule has 6 heteroatoms. The Kier molecular flexibility index (Phi) is 7.48. The maximum absolute atomic E-state index is 11.0. The highest BCUT2D eigenvalue weighted by Crippen LogP contribution is 2.09. The Hall–Kier alpha value is -1.64. The first kappa shape index (κ1) is 18.7. The van der Waals surface area contributed by atoms with Crippen LogP contribution in [0.25, 0.3) is 0 Å². The molecule has 5 nitrogen and oxygen atoms in total. The summed E-state index contributed by atoms with van der Waals surface area (Å²) >= 11 is 2.25. The number of aliphatic hydroxyl groups is 1. The number of amides is 1. The lowest BCUT2D eigenvalue weighted by atomic mass is 10.0. The van der Waals surface area contributed by atoms with Crippen molar-refractivity contribution < 1.29 is 15.0 Å². The minimum atomic E-state index is -1.13. The molecule has 0 bridgehead atoms. The molecule has 4 N–H and O–H groups in total. The van der Waals surface area contributed by atoms with Crippen molar-refractivity contribution in [3.05, 3.63) is 69.3 Å². The van der Waals surface area contributed by atoms with Crippen molar-refractivity contribution >= 4 is 28.7 Å². The second-order valence-electron chi connectivity index (χ2n) is 5.57. The molecule has 0 aliphatic rings. The lowest BCUT2D eigenvalue weighted by Crippen LogP contribution is -2.48. The highest BCUT2D eigenvalue weighted by atomic mass is 127. The van der Waals surface area contributed by atoms with E-state index < -0.39 is 18.2 Å². The number of hydrogen-bond donors (Lipinski definition) is 4. The molecule has 0 radical (unpaired) electrons. The molecule has 2 atom stereocenters. The fourth-order valence-electron chi connectivity index (χ4n) is 2.46. The first-order chi connectivity index (χ1) is 11.5. The van der Waals surface area contributed by atoms with E-state index in [9.17, 15) is 9.90 Å². The average Bonchev–Trinajstić information content (AvgIpc) is 2.55. The van der Waals surface area contributed by atoms with E-state index in [0.717, 1.165) is 14.7 Å². The van der Waals surface area contributed by atoms with Gasteiger partial charge >= 0.3 is 6.09 Å². The molecule has 2 rings (SSSR count). The molecule has 2 unspecified atom stereocenters. The monoisotopic (exact) mass is 440 g/mol. The van der Waals surface area contributed by atoms with E-state index in [1.165, 1.54) is 0 Å². The number of carboxylic acid groups (broad SMARTS) is 1. The third kappa shape index (κ3) is 6.46.